The van der Waals surface area contributed by atoms with E-state index in [0.717, 1.165) is 5.56 Å². The molecule has 2 rings (SSSR count). The summed E-state index contributed by atoms with van der Waals surface area (Å²) < 4.78 is 5.38. The lowest BCUT2D eigenvalue weighted by atomic mass is 10.2. The van der Waals surface area contributed by atoms with Gasteiger partial charge in [-0.05, 0) is 19.1 Å². The Hall–Kier alpha value is -2.10. The zero-order valence-corrected chi connectivity index (χ0v) is 10.6. The highest BCUT2D eigenvalue weighted by Gasteiger charge is 2.12. The average Bonchev–Trinajstić information content (AvgIpc) is 2.87. The molecule has 0 unspecified atom stereocenters. The molecule has 0 radical (unpaired) electrons. The van der Waals surface area contributed by atoms with E-state index in [9.17, 15) is 4.79 Å². The molecule has 1 aromatic heterocycles. The topological polar surface area (TPSA) is 46.3 Å². The van der Waals surface area contributed by atoms with Crippen molar-refractivity contribution in [1.82, 2.24) is 9.88 Å². The fourth-order valence-electron chi connectivity index (χ4n) is 1.57. The predicted molar refractivity (Wildman–Crippen MR) is 69.0 cm³/mol. The zero-order chi connectivity index (χ0) is 13.0. The van der Waals surface area contributed by atoms with Crippen LogP contribution in [0.1, 0.15) is 12.6 Å². The number of aromatic nitrogens is 1. The summed E-state index contributed by atoms with van der Waals surface area (Å²) in [4.78, 5) is 17.7. The summed E-state index contributed by atoms with van der Waals surface area (Å²) in [5.74, 6) is 0.600. The third-order valence-corrected chi connectivity index (χ3v) is 2.80. The standard InChI is InChI=1S/C14H16N2O2/c1-3-16(2)13(17)9-12-10-18-14(15-12)11-7-5-4-6-8-11/h4-8,10H,3,9H2,1-2H3. The van der Waals surface area contributed by atoms with E-state index in [-0.39, 0.29) is 12.3 Å². The molecule has 0 aliphatic rings. The van der Waals surface area contributed by atoms with Crippen molar-refractivity contribution in [1.29, 1.82) is 0 Å². The van der Waals surface area contributed by atoms with Gasteiger partial charge in [0.25, 0.3) is 0 Å². The van der Waals surface area contributed by atoms with Crippen molar-refractivity contribution in [3.63, 3.8) is 0 Å². The first-order valence-electron chi connectivity index (χ1n) is 5.94. The monoisotopic (exact) mass is 244 g/mol. The number of carbonyl (C=O) groups excluding carboxylic acids is 1. The molecule has 0 spiro atoms. The van der Waals surface area contributed by atoms with Gasteiger partial charge < -0.3 is 9.32 Å². The fourth-order valence-corrected chi connectivity index (χ4v) is 1.57. The fraction of sp³-hybridized carbons (Fsp3) is 0.286. The van der Waals surface area contributed by atoms with Crippen molar-refractivity contribution in [3.8, 4) is 11.5 Å². The number of hydrogen-bond donors (Lipinski definition) is 0. The number of nitrogens with zero attached hydrogens (tertiary/aromatic N) is 2. The van der Waals surface area contributed by atoms with Crippen molar-refractivity contribution in [2.45, 2.75) is 13.3 Å². The molecule has 0 atom stereocenters. The van der Waals surface area contributed by atoms with Crippen molar-refractivity contribution < 1.29 is 9.21 Å². The molecule has 1 heterocycles. The number of rotatable bonds is 4. The van der Waals surface area contributed by atoms with E-state index in [1.807, 2.05) is 37.3 Å². The van der Waals surface area contributed by atoms with E-state index in [1.54, 1.807) is 18.2 Å². The van der Waals surface area contributed by atoms with E-state index in [1.165, 1.54) is 0 Å². The smallest absolute Gasteiger partial charge is 0.228 e. The summed E-state index contributed by atoms with van der Waals surface area (Å²) in [6.07, 6.45) is 1.82. The summed E-state index contributed by atoms with van der Waals surface area (Å²) in [6.45, 7) is 2.64. The van der Waals surface area contributed by atoms with Crippen LogP contribution in [0.4, 0.5) is 0 Å². The van der Waals surface area contributed by atoms with Gasteiger partial charge in [-0.1, -0.05) is 18.2 Å². The van der Waals surface area contributed by atoms with Gasteiger partial charge in [-0.15, -0.1) is 0 Å². The quantitative estimate of drug-likeness (QED) is 0.829. The molecular weight excluding hydrogens is 228 g/mol. The maximum atomic E-state index is 11.7. The maximum absolute atomic E-state index is 11.7. The van der Waals surface area contributed by atoms with E-state index in [2.05, 4.69) is 4.98 Å². The van der Waals surface area contributed by atoms with Gasteiger partial charge in [0, 0.05) is 19.2 Å². The lowest BCUT2D eigenvalue weighted by molar-refractivity contribution is -0.129. The van der Waals surface area contributed by atoms with Crippen molar-refractivity contribution in [3.05, 3.63) is 42.3 Å². The number of carbonyl (C=O) groups is 1. The molecule has 1 aromatic carbocycles. The van der Waals surface area contributed by atoms with Crippen molar-refractivity contribution in [2.75, 3.05) is 13.6 Å². The van der Waals surface area contributed by atoms with Crippen LogP contribution in [0.5, 0.6) is 0 Å². The van der Waals surface area contributed by atoms with Gasteiger partial charge in [-0.25, -0.2) is 4.98 Å². The number of hydrogen-bond acceptors (Lipinski definition) is 3. The Kier molecular flexibility index (Phi) is 3.77. The second kappa shape index (κ2) is 5.49. The Morgan fingerprint density at radius 1 is 1.33 bits per heavy atom. The molecule has 0 aliphatic carbocycles. The molecule has 0 aliphatic heterocycles. The molecule has 1 amide bonds. The normalized spacial score (nSPS) is 10.3. The first-order chi connectivity index (χ1) is 8.70. The lowest BCUT2D eigenvalue weighted by Crippen LogP contribution is -2.27. The minimum Gasteiger partial charge on any atom is -0.444 e. The zero-order valence-electron chi connectivity index (χ0n) is 10.6. The first kappa shape index (κ1) is 12.4. The molecule has 0 saturated carbocycles. The molecule has 4 heteroatoms. The van der Waals surface area contributed by atoms with Gasteiger partial charge in [0.2, 0.25) is 11.8 Å². The van der Waals surface area contributed by atoms with Crippen LogP contribution in [0.2, 0.25) is 0 Å². The van der Waals surface area contributed by atoms with E-state index in [4.69, 9.17) is 4.42 Å². The van der Waals surface area contributed by atoms with E-state index < -0.39 is 0 Å². The van der Waals surface area contributed by atoms with Gasteiger partial charge in [0.15, 0.2) is 0 Å². The maximum Gasteiger partial charge on any atom is 0.228 e. The molecule has 94 valence electrons. The highest BCUT2D eigenvalue weighted by molar-refractivity contribution is 5.78. The molecule has 2 aromatic rings. The van der Waals surface area contributed by atoms with Crippen molar-refractivity contribution in [2.24, 2.45) is 0 Å². The third-order valence-electron chi connectivity index (χ3n) is 2.80. The SMILES string of the molecule is CCN(C)C(=O)Cc1coc(-c2ccccc2)n1. The summed E-state index contributed by atoms with van der Waals surface area (Å²) in [5, 5.41) is 0. The molecule has 0 saturated heterocycles. The van der Waals surface area contributed by atoms with Crippen LogP contribution < -0.4 is 0 Å². The summed E-state index contributed by atoms with van der Waals surface area (Å²) in [7, 11) is 1.78. The largest absolute Gasteiger partial charge is 0.444 e. The van der Waals surface area contributed by atoms with Gasteiger partial charge in [-0.2, -0.15) is 0 Å². The Balaban J connectivity index is 2.10. The van der Waals surface area contributed by atoms with Gasteiger partial charge >= 0.3 is 0 Å². The molecular formula is C14H16N2O2. The Morgan fingerprint density at radius 2 is 2.06 bits per heavy atom. The van der Waals surface area contributed by atoms with Crippen LogP contribution in [0.25, 0.3) is 11.5 Å². The Morgan fingerprint density at radius 3 is 2.72 bits per heavy atom. The van der Waals surface area contributed by atoms with E-state index in [0.29, 0.717) is 18.1 Å². The predicted octanol–water partition coefficient (Wildman–Crippen LogP) is 2.36. The minimum atomic E-state index is 0.0467. The van der Waals surface area contributed by atoms with Gasteiger partial charge in [-0.3, -0.25) is 4.79 Å². The molecule has 0 bridgehead atoms. The Bertz CT molecular complexity index is 520. The molecule has 0 N–H and O–H groups in total. The van der Waals surface area contributed by atoms with Crippen molar-refractivity contribution >= 4 is 5.91 Å². The van der Waals surface area contributed by atoms with Crippen LogP contribution in [0.3, 0.4) is 0 Å². The second-order valence-corrected chi connectivity index (χ2v) is 4.09. The number of likely N-dealkylation sites (N-methyl/N-ethyl adjacent to an activating group) is 1. The third kappa shape index (κ3) is 2.77. The minimum absolute atomic E-state index is 0.0467. The average molecular weight is 244 g/mol. The van der Waals surface area contributed by atoms with Crippen LogP contribution >= 0.6 is 0 Å². The summed E-state index contributed by atoms with van der Waals surface area (Å²) in [5.41, 5.74) is 1.58. The highest BCUT2D eigenvalue weighted by atomic mass is 16.3. The van der Waals surface area contributed by atoms with Crippen LogP contribution in [-0.2, 0) is 11.2 Å². The Labute approximate surface area is 106 Å². The number of benzene rings is 1. The van der Waals surface area contributed by atoms with Gasteiger partial charge in [0.05, 0.1) is 12.1 Å². The molecule has 4 nitrogen and oxygen atoms in total. The number of oxazole rings is 1. The van der Waals surface area contributed by atoms with Gasteiger partial charge in [0.1, 0.15) is 6.26 Å². The number of amides is 1. The molecule has 18 heavy (non-hydrogen) atoms. The van der Waals surface area contributed by atoms with Crippen LogP contribution in [0.15, 0.2) is 41.0 Å². The van der Waals surface area contributed by atoms with Crippen LogP contribution in [0, 0.1) is 0 Å². The lowest BCUT2D eigenvalue weighted by Gasteiger charge is -2.12. The summed E-state index contributed by atoms with van der Waals surface area (Å²) in [6, 6.07) is 9.64. The highest BCUT2D eigenvalue weighted by Crippen LogP contribution is 2.18. The second-order valence-electron chi connectivity index (χ2n) is 4.09. The van der Waals surface area contributed by atoms with Crippen LogP contribution in [-0.4, -0.2) is 29.4 Å². The molecule has 0 fully saturated rings. The first-order valence-corrected chi connectivity index (χ1v) is 5.94. The van der Waals surface area contributed by atoms with E-state index >= 15 is 0 Å². The summed E-state index contributed by atoms with van der Waals surface area (Å²) >= 11 is 0.